The molecule has 114 valence electrons. The predicted octanol–water partition coefficient (Wildman–Crippen LogP) is 2.95. The van der Waals surface area contributed by atoms with Crippen LogP contribution in [-0.2, 0) is 4.79 Å². The Morgan fingerprint density at radius 3 is 1.95 bits per heavy atom. The number of carbonyl (C=O) groups excluding carboxylic acids is 1. The monoisotopic (exact) mass is 282 g/mol. The van der Waals surface area contributed by atoms with Crippen LogP contribution in [0.5, 0.6) is 0 Å². The number of amides is 1. The minimum Gasteiger partial charge on any atom is -0.330 e. The Morgan fingerprint density at radius 1 is 1.16 bits per heavy atom. The third kappa shape index (κ3) is 8.08. The highest BCUT2D eigenvalue weighted by Gasteiger charge is 2.35. The van der Waals surface area contributed by atoms with Crippen LogP contribution in [0, 0.1) is 0 Å². The van der Waals surface area contributed by atoms with E-state index in [4.69, 9.17) is 0 Å². The van der Waals surface area contributed by atoms with Gasteiger partial charge in [-0.05, 0) is 33.6 Å². The highest BCUT2D eigenvalue weighted by Crippen LogP contribution is 2.20. The van der Waals surface area contributed by atoms with Crippen molar-refractivity contribution in [2.24, 2.45) is 0 Å². The van der Waals surface area contributed by atoms with Crippen molar-refractivity contribution in [3.8, 4) is 0 Å². The molecule has 3 nitrogen and oxygen atoms in total. The molecule has 0 aliphatic rings. The zero-order chi connectivity index (χ0) is 15.3. The number of rotatable bonds is 6. The van der Waals surface area contributed by atoms with Gasteiger partial charge in [-0.3, -0.25) is 4.79 Å². The van der Waals surface area contributed by atoms with E-state index >= 15 is 0 Å². The first-order valence-electron chi connectivity index (χ1n) is 6.61. The lowest BCUT2D eigenvalue weighted by molar-refractivity contribution is -0.165. The molecule has 6 heteroatoms. The number of halogens is 3. The van der Waals surface area contributed by atoms with Crippen LogP contribution >= 0.6 is 0 Å². The van der Waals surface area contributed by atoms with Crippen LogP contribution in [-0.4, -0.2) is 41.7 Å². The van der Waals surface area contributed by atoms with Gasteiger partial charge < -0.3 is 10.2 Å². The van der Waals surface area contributed by atoms with Crippen molar-refractivity contribution in [3.05, 3.63) is 0 Å². The number of carbonyl (C=O) groups is 1. The predicted molar refractivity (Wildman–Crippen MR) is 69.9 cm³/mol. The van der Waals surface area contributed by atoms with Gasteiger partial charge in [-0.2, -0.15) is 13.2 Å². The van der Waals surface area contributed by atoms with Gasteiger partial charge in [0.1, 0.15) is 6.54 Å². The molecule has 0 aromatic carbocycles. The topological polar surface area (TPSA) is 32.3 Å². The van der Waals surface area contributed by atoms with E-state index in [0.717, 1.165) is 4.90 Å². The average Bonchev–Trinajstić information content (AvgIpc) is 2.23. The molecule has 0 saturated heterocycles. The van der Waals surface area contributed by atoms with E-state index in [9.17, 15) is 18.0 Å². The molecule has 0 saturated carbocycles. The maximum absolute atomic E-state index is 12.6. The summed E-state index contributed by atoms with van der Waals surface area (Å²) in [5, 5.41) is 2.93. The van der Waals surface area contributed by atoms with Crippen LogP contribution < -0.4 is 5.32 Å². The summed E-state index contributed by atoms with van der Waals surface area (Å²) in [5.41, 5.74) is -0.298. The smallest absolute Gasteiger partial charge is 0.330 e. The van der Waals surface area contributed by atoms with E-state index in [0.29, 0.717) is 12.8 Å². The maximum atomic E-state index is 12.6. The number of hydrogen-bond donors (Lipinski definition) is 1. The first-order valence-corrected chi connectivity index (χ1v) is 6.61. The molecule has 19 heavy (non-hydrogen) atoms. The van der Waals surface area contributed by atoms with E-state index in [1.54, 1.807) is 13.8 Å². The summed E-state index contributed by atoms with van der Waals surface area (Å²) in [5.74, 6) is -0.499. The minimum atomic E-state index is -4.36. The van der Waals surface area contributed by atoms with E-state index in [2.05, 4.69) is 5.32 Å². The Morgan fingerprint density at radius 2 is 1.63 bits per heavy atom. The normalized spacial score (nSPS) is 12.9. The van der Waals surface area contributed by atoms with E-state index in [1.165, 1.54) is 0 Å². The van der Waals surface area contributed by atoms with E-state index < -0.39 is 18.6 Å². The first-order chi connectivity index (χ1) is 8.50. The zero-order valence-electron chi connectivity index (χ0n) is 12.4. The van der Waals surface area contributed by atoms with Gasteiger partial charge in [0.2, 0.25) is 5.91 Å². The van der Waals surface area contributed by atoms with E-state index in [-0.39, 0.29) is 18.1 Å². The second-order valence-electron chi connectivity index (χ2n) is 5.71. The van der Waals surface area contributed by atoms with Gasteiger partial charge in [0.05, 0.1) is 6.54 Å². The largest absolute Gasteiger partial charge is 0.406 e. The fraction of sp³-hybridized carbons (Fsp3) is 0.923. The van der Waals surface area contributed by atoms with Crippen molar-refractivity contribution < 1.29 is 18.0 Å². The Bertz CT molecular complexity index is 281. The van der Waals surface area contributed by atoms with Crippen molar-refractivity contribution >= 4 is 5.91 Å². The summed E-state index contributed by atoms with van der Waals surface area (Å²) in [6.07, 6.45) is -3.32. The molecular weight excluding hydrogens is 257 g/mol. The first kappa shape index (κ1) is 18.2. The SMILES string of the molecule is CCC(CC)N(CC(F)(F)F)C(=O)CNC(C)(C)C. The molecule has 0 atom stereocenters. The molecule has 0 heterocycles. The van der Waals surface area contributed by atoms with Crippen LogP contribution in [0.4, 0.5) is 13.2 Å². The highest BCUT2D eigenvalue weighted by molar-refractivity contribution is 5.78. The van der Waals surface area contributed by atoms with Crippen LogP contribution in [0.3, 0.4) is 0 Å². The van der Waals surface area contributed by atoms with Crippen molar-refractivity contribution in [2.75, 3.05) is 13.1 Å². The number of nitrogens with zero attached hydrogens (tertiary/aromatic N) is 1. The fourth-order valence-corrected chi connectivity index (χ4v) is 1.79. The molecule has 0 aliphatic carbocycles. The van der Waals surface area contributed by atoms with Crippen LogP contribution in [0.2, 0.25) is 0 Å². The second kappa shape index (κ2) is 7.12. The van der Waals surface area contributed by atoms with Crippen LogP contribution in [0.15, 0.2) is 0 Å². The number of hydrogen-bond acceptors (Lipinski definition) is 2. The summed E-state index contributed by atoms with van der Waals surface area (Å²) in [6.45, 7) is 7.94. The molecule has 0 spiro atoms. The average molecular weight is 282 g/mol. The summed E-state index contributed by atoms with van der Waals surface area (Å²) >= 11 is 0. The number of nitrogens with one attached hydrogen (secondary N) is 1. The van der Waals surface area contributed by atoms with Crippen molar-refractivity contribution in [2.45, 2.75) is 65.2 Å². The standard InChI is InChI=1S/C13H25F3N2O/c1-6-10(7-2)18(9-13(14,15)16)11(19)8-17-12(3,4)5/h10,17H,6-9H2,1-5H3. The molecular formula is C13H25F3N2O. The number of alkyl halides is 3. The Hall–Kier alpha value is -0.780. The van der Waals surface area contributed by atoms with E-state index in [1.807, 2.05) is 20.8 Å². The molecule has 0 fully saturated rings. The second-order valence-corrected chi connectivity index (χ2v) is 5.71. The highest BCUT2D eigenvalue weighted by atomic mass is 19.4. The zero-order valence-corrected chi connectivity index (χ0v) is 12.4. The van der Waals surface area contributed by atoms with Gasteiger partial charge in [-0.15, -0.1) is 0 Å². The molecule has 0 rings (SSSR count). The molecule has 0 aliphatic heterocycles. The van der Waals surface area contributed by atoms with Crippen molar-refractivity contribution in [1.29, 1.82) is 0 Å². The Kier molecular flexibility index (Phi) is 6.83. The third-order valence-corrected chi connectivity index (χ3v) is 2.82. The van der Waals surface area contributed by atoms with Gasteiger partial charge in [-0.1, -0.05) is 13.8 Å². The van der Waals surface area contributed by atoms with Crippen LogP contribution in [0.1, 0.15) is 47.5 Å². The van der Waals surface area contributed by atoms with Gasteiger partial charge in [0.15, 0.2) is 0 Å². The summed E-state index contributed by atoms with van der Waals surface area (Å²) in [6, 6.07) is -0.365. The Balaban J connectivity index is 4.77. The minimum absolute atomic E-state index is 0.0733. The molecule has 0 unspecified atom stereocenters. The summed E-state index contributed by atoms with van der Waals surface area (Å²) in [4.78, 5) is 12.9. The quantitative estimate of drug-likeness (QED) is 0.812. The lowest BCUT2D eigenvalue weighted by Crippen LogP contribution is -2.51. The molecule has 0 aromatic rings. The molecule has 1 N–H and O–H groups in total. The van der Waals surface area contributed by atoms with Gasteiger partial charge in [0.25, 0.3) is 0 Å². The summed E-state index contributed by atoms with van der Waals surface area (Å²) < 4.78 is 37.7. The molecule has 0 radical (unpaired) electrons. The van der Waals surface area contributed by atoms with Crippen molar-refractivity contribution in [3.63, 3.8) is 0 Å². The Labute approximate surface area is 113 Å². The lowest BCUT2D eigenvalue weighted by Gasteiger charge is -2.32. The molecule has 0 bridgehead atoms. The maximum Gasteiger partial charge on any atom is 0.406 e. The van der Waals surface area contributed by atoms with Gasteiger partial charge in [0, 0.05) is 11.6 Å². The molecule has 1 amide bonds. The summed E-state index contributed by atoms with van der Waals surface area (Å²) in [7, 11) is 0. The van der Waals surface area contributed by atoms with Gasteiger partial charge >= 0.3 is 6.18 Å². The fourth-order valence-electron chi connectivity index (χ4n) is 1.79. The van der Waals surface area contributed by atoms with Crippen LogP contribution in [0.25, 0.3) is 0 Å². The third-order valence-electron chi connectivity index (χ3n) is 2.82. The molecule has 0 aromatic heterocycles. The van der Waals surface area contributed by atoms with Gasteiger partial charge in [-0.25, -0.2) is 0 Å². The lowest BCUT2D eigenvalue weighted by atomic mass is 10.1. The van der Waals surface area contributed by atoms with Crippen molar-refractivity contribution in [1.82, 2.24) is 10.2 Å².